The molecule has 0 spiro atoms. The number of likely N-dealkylation sites (N-methyl/N-ethyl adjacent to an activating group) is 1. The highest BCUT2D eigenvalue weighted by Gasteiger charge is 2.17. The van der Waals surface area contributed by atoms with Crippen LogP contribution in [-0.4, -0.2) is 45.0 Å². The fourth-order valence-corrected chi connectivity index (χ4v) is 2.15. The molecule has 1 atom stereocenters. The minimum atomic E-state index is -0.489. The van der Waals surface area contributed by atoms with Gasteiger partial charge in [0, 0.05) is 31.9 Å². The summed E-state index contributed by atoms with van der Waals surface area (Å²) in [5, 5.41) is 2.77. The van der Waals surface area contributed by atoms with Crippen LogP contribution >= 0.6 is 0 Å². The van der Waals surface area contributed by atoms with E-state index in [0.29, 0.717) is 13.1 Å². The molecule has 0 aromatic heterocycles. The van der Waals surface area contributed by atoms with Crippen molar-refractivity contribution in [3.63, 3.8) is 0 Å². The minimum absolute atomic E-state index is 0.123. The topological polar surface area (TPSA) is 76.8 Å². The monoisotopic (exact) mass is 323 g/mol. The quantitative estimate of drug-likeness (QED) is 0.805. The number of amides is 1. The Hall–Kier alpha value is -1.95. The van der Waals surface area contributed by atoms with Gasteiger partial charge in [0.1, 0.15) is 11.4 Å². The number of anilines is 1. The lowest BCUT2D eigenvalue weighted by molar-refractivity contribution is 0.0526. The van der Waals surface area contributed by atoms with Crippen LogP contribution in [0.5, 0.6) is 5.75 Å². The SMILES string of the molecule is COc1ccc(N(C)C(CN)CCNC(=O)OC(C)(C)C)cc1. The second kappa shape index (κ2) is 8.62. The molecule has 6 heteroatoms. The van der Waals surface area contributed by atoms with E-state index in [0.717, 1.165) is 17.9 Å². The average molecular weight is 323 g/mol. The molecule has 23 heavy (non-hydrogen) atoms. The van der Waals surface area contributed by atoms with Gasteiger partial charge in [-0.3, -0.25) is 0 Å². The molecule has 1 unspecified atom stereocenters. The summed E-state index contributed by atoms with van der Waals surface area (Å²) in [6.07, 6.45) is 0.332. The van der Waals surface area contributed by atoms with Crippen molar-refractivity contribution in [1.82, 2.24) is 5.32 Å². The fraction of sp³-hybridized carbons (Fsp3) is 0.588. The normalized spacial score (nSPS) is 12.4. The number of benzene rings is 1. The second-order valence-corrected chi connectivity index (χ2v) is 6.42. The van der Waals surface area contributed by atoms with Gasteiger partial charge in [-0.25, -0.2) is 4.79 Å². The molecular weight excluding hydrogens is 294 g/mol. The molecule has 1 aromatic carbocycles. The Bertz CT molecular complexity index is 483. The molecule has 1 rings (SSSR count). The van der Waals surface area contributed by atoms with E-state index >= 15 is 0 Å². The zero-order valence-corrected chi connectivity index (χ0v) is 14.8. The Balaban J connectivity index is 2.50. The third kappa shape index (κ3) is 6.78. The largest absolute Gasteiger partial charge is 0.497 e. The van der Waals surface area contributed by atoms with Gasteiger partial charge in [0.2, 0.25) is 0 Å². The van der Waals surface area contributed by atoms with Gasteiger partial charge < -0.3 is 25.4 Å². The molecule has 0 aliphatic heterocycles. The molecule has 0 aliphatic carbocycles. The summed E-state index contributed by atoms with van der Waals surface area (Å²) >= 11 is 0. The Kier molecular flexibility index (Phi) is 7.16. The second-order valence-electron chi connectivity index (χ2n) is 6.42. The number of alkyl carbamates (subject to hydrolysis) is 1. The summed E-state index contributed by atoms with van der Waals surface area (Å²) < 4.78 is 10.4. The number of nitrogens with two attached hydrogens (primary N) is 1. The first-order chi connectivity index (χ1) is 10.8. The predicted octanol–water partition coefficient (Wildman–Crippen LogP) is 2.37. The number of carbonyl (C=O) groups excluding carboxylic acids is 1. The standard InChI is InChI=1S/C17H29N3O3/c1-17(2,3)23-16(21)19-11-10-14(12-18)20(4)13-6-8-15(22-5)9-7-13/h6-9,14H,10-12,18H2,1-5H3,(H,19,21). The lowest BCUT2D eigenvalue weighted by atomic mass is 10.1. The van der Waals surface area contributed by atoms with Crippen LogP contribution in [0.15, 0.2) is 24.3 Å². The van der Waals surface area contributed by atoms with Crippen molar-refractivity contribution in [2.24, 2.45) is 5.73 Å². The summed E-state index contributed by atoms with van der Waals surface area (Å²) in [6, 6.07) is 7.93. The van der Waals surface area contributed by atoms with Gasteiger partial charge in [0.05, 0.1) is 7.11 Å². The van der Waals surface area contributed by atoms with Crippen LogP contribution in [0.4, 0.5) is 10.5 Å². The molecule has 0 bridgehead atoms. The Morgan fingerprint density at radius 3 is 2.39 bits per heavy atom. The van der Waals surface area contributed by atoms with E-state index in [2.05, 4.69) is 10.2 Å². The molecular formula is C17H29N3O3. The van der Waals surface area contributed by atoms with E-state index in [1.54, 1.807) is 7.11 Å². The fourth-order valence-electron chi connectivity index (χ4n) is 2.15. The highest BCUT2D eigenvalue weighted by Crippen LogP contribution is 2.20. The number of nitrogens with zero attached hydrogens (tertiary/aromatic N) is 1. The maximum atomic E-state index is 11.6. The molecule has 0 fully saturated rings. The molecule has 0 heterocycles. The molecule has 130 valence electrons. The van der Waals surface area contributed by atoms with Crippen LogP contribution in [0.25, 0.3) is 0 Å². The van der Waals surface area contributed by atoms with Gasteiger partial charge in [-0.05, 0) is 51.5 Å². The average Bonchev–Trinajstić information content (AvgIpc) is 2.49. The van der Waals surface area contributed by atoms with Crippen LogP contribution in [0.2, 0.25) is 0 Å². The summed E-state index contributed by atoms with van der Waals surface area (Å²) in [5.74, 6) is 0.818. The lowest BCUT2D eigenvalue weighted by Crippen LogP contribution is -2.41. The summed E-state index contributed by atoms with van der Waals surface area (Å²) in [4.78, 5) is 13.8. The molecule has 6 nitrogen and oxygen atoms in total. The zero-order valence-electron chi connectivity index (χ0n) is 14.8. The minimum Gasteiger partial charge on any atom is -0.497 e. The van der Waals surface area contributed by atoms with Crippen LogP contribution in [0.1, 0.15) is 27.2 Å². The van der Waals surface area contributed by atoms with E-state index < -0.39 is 11.7 Å². The van der Waals surface area contributed by atoms with Crippen LogP contribution < -0.4 is 20.7 Å². The molecule has 0 saturated carbocycles. The molecule has 3 N–H and O–H groups in total. The van der Waals surface area contributed by atoms with E-state index in [1.165, 1.54) is 0 Å². The van der Waals surface area contributed by atoms with E-state index in [9.17, 15) is 4.79 Å². The van der Waals surface area contributed by atoms with Gasteiger partial charge in [0.25, 0.3) is 0 Å². The van der Waals surface area contributed by atoms with E-state index in [-0.39, 0.29) is 6.04 Å². The molecule has 0 saturated heterocycles. The number of hydrogen-bond acceptors (Lipinski definition) is 5. The van der Waals surface area contributed by atoms with Gasteiger partial charge in [-0.1, -0.05) is 0 Å². The van der Waals surface area contributed by atoms with Crippen molar-refractivity contribution in [1.29, 1.82) is 0 Å². The highest BCUT2D eigenvalue weighted by atomic mass is 16.6. The van der Waals surface area contributed by atoms with Gasteiger partial charge in [-0.15, -0.1) is 0 Å². The first kappa shape index (κ1) is 19.1. The van der Waals surface area contributed by atoms with Crippen molar-refractivity contribution in [2.75, 3.05) is 32.1 Å². The van der Waals surface area contributed by atoms with Crippen molar-refractivity contribution in [3.8, 4) is 5.75 Å². The predicted molar refractivity (Wildman–Crippen MR) is 93.1 cm³/mol. The number of rotatable bonds is 7. The molecule has 1 amide bonds. The van der Waals surface area contributed by atoms with Gasteiger partial charge in [-0.2, -0.15) is 0 Å². The number of hydrogen-bond donors (Lipinski definition) is 2. The number of methoxy groups -OCH3 is 1. The van der Waals surface area contributed by atoms with Crippen LogP contribution in [-0.2, 0) is 4.74 Å². The van der Waals surface area contributed by atoms with Gasteiger partial charge >= 0.3 is 6.09 Å². The van der Waals surface area contributed by atoms with Crippen molar-refractivity contribution in [2.45, 2.75) is 38.8 Å². The Labute approximate surface area is 138 Å². The van der Waals surface area contributed by atoms with Crippen molar-refractivity contribution in [3.05, 3.63) is 24.3 Å². The highest BCUT2D eigenvalue weighted by molar-refractivity contribution is 5.67. The lowest BCUT2D eigenvalue weighted by Gasteiger charge is -2.29. The maximum Gasteiger partial charge on any atom is 0.407 e. The van der Waals surface area contributed by atoms with Crippen LogP contribution in [0, 0.1) is 0 Å². The first-order valence-corrected chi connectivity index (χ1v) is 7.80. The van der Waals surface area contributed by atoms with Gasteiger partial charge in [0.15, 0.2) is 0 Å². The Morgan fingerprint density at radius 2 is 1.91 bits per heavy atom. The molecule has 1 aromatic rings. The third-order valence-electron chi connectivity index (χ3n) is 3.45. The summed E-state index contributed by atoms with van der Waals surface area (Å²) in [6.45, 7) is 6.53. The number of carbonyl (C=O) groups is 1. The first-order valence-electron chi connectivity index (χ1n) is 7.80. The maximum absolute atomic E-state index is 11.6. The number of nitrogens with one attached hydrogen (secondary N) is 1. The third-order valence-corrected chi connectivity index (χ3v) is 3.45. The van der Waals surface area contributed by atoms with E-state index in [1.807, 2.05) is 52.1 Å². The van der Waals surface area contributed by atoms with Crippen molar-refractivity contribution < 1.29 is 14.3 Å². The van der Waals surface area contributed by atoms with Crippen LogP contribution in [0.3, 0.4) is 0 Å². The molecule has 0 radical (unpaired) electrons. The van der Waals surface area contributed by atoms with E-state index in [4.69, 9.17) is 15.2 Å². The van der Waals surface area contributed by atoms with Crippen molar-refractivity contribution >= 4 is 11.8 Å². The summed E-state index contributed by atoms with van der Waals surface area (Å²) in [7, 11) is 3.64. The molecule has 0 aliphatic rings. The Morgan fingerprint density at radius 1 is 1.30 bits per heavy atom. The summed E-state index contributed by atoms with van der Waals surface area (Å²) in [5.41, 5.74) is 6.44. The number of ether oxygens (including phenoxy) is 2. The zero-order chi connectivity index (χ0) is 17.5. The smallest absolute Gasteiger partial charge is 0.407 e.